The van der Waals surface area contributed by atoms with Gasteiger partial charge in [-0.2, -0.15) is 0 Å². The van der Waals surface area contributed by atoms with Crippen LogP contribution in [0, 0.1) is 0 Å². The molecule has 56 heavy (non-hydrogen) atoms. The van der Waals surface area contributed by atoms with Crippen molar-refractivity contribution in [1.82, 2.24) is 9.97 Å². The van der Waals surface area contributed by atoms with Gasteiger partial charge in [0.05, 0.1) is 11.4 Å². The van der Waals surface area contributed by atoms with Gasteiger partial charge in [-0.25, -0.2) is 9.97 Å². The highest BCUT2D eigenvalue weighted by molar-refractivity contribution is 6.11. The predicted octanol–water partition coefficient (Wildman–Crippen LogP) is 14.3. The van der Waals surface area contributed by atoms with E-state index in [0.29, 0.717) is 5.82 Å². The Balaban J connectivity index is 1.17. The van der Waals surface area contributed by atoms with Gasteiger partial charge < -0.3 is 8.83 Å². The molecule has 3 heterocycles. The molecule has 0 atom stereocenters. The number of rotatable bonds is 6. The van der Waals surface area contributed by atoms with Gasteiger partial charge in [-0.05, 0) is 58.1 Å². The van der Waals surface area contributed by atoms with Crippen LogP contribution < -0.4 is 0 Å². The number of hydrogen-bond acceptors (Lipinski definition) is 4. The number of fused-ring (bicyclic) bond motifs is 6. The molecule has 3 aromatic heterocycles. The summed E-state index contributed by atoms with van der Waals surface area (Å²) < 4.78 is 13.1. The Morgan fingerprint density at radius 1 is 0.304 bits per heavy atom. The molecule has 8 aromatic carbocycles. The molecule has 0 bridgehead atoms. The number of para-hydroxylation sites is 4. The normalized spacial score (nSPS) is 11.6. The van der Waals surface area contributed by atoms with Crippen molar-refractivity contribution in [3.8, 4) is 67.3 Å². The Kier molecular flexibility index (Phi) is 7.46. The quantitative estimate of drug-likeness (QED) is 0.172. The Morgan fingerprint density at radius 3 is 1.32 bits per heavy atom. The smallest absolute Gasteiger partial charge is 0.161 e. The van der Waals surface area contributed by atoms with Crippen molar-refractivity contribution in [2.75, 3.05) is 0 Å². The van der Waals surface area contributed by atoms with Crippen molar-refractivity contribution >= 4 is 43.9 Å². The second-order valence-corrected chi connectivity index (χ2v) is 14.1. The Hall–Kier alpha value is -7.56. The average molecular weight is 717 g/mol. The van der Waals surface area contributed by atoms with E-state index in [1.807, 2.05) is 42.5 Å². The van der Waals surface area contributed by atoms with Crippen LogP contribution in [0.1, 0.15) is 0 Å². The molecule has 0 saturated heterocycles. The van der Waals surface area contributed by atoms with E-state index in [9.17, 15) is 0 Å². The van der Waals surface area contributed by atoms with Crippen molar-refractivity contribution in [3.63, 3.8) is 0 Å². The lowest BCUT2D eigenvalue weighted by Crippen LogP contribution is -1.99. The van der Waals surface area contributed by atoms with Gasteiger partial charge in [0, 0.05) is 43.8 Å². The summed E-state index contributed by atoms with van der Waals surface area (Å²) in [4.78, 5) is 10.8. The molecule has 0 N–H and O–H groups in total. The van der Waals surface area contributed by atoms with Gasteiger partial charge in [-0.1, -0.05) is 164 Å². The van der Waals surface area contributed by atoms with E-state index < -0.39 is 0 Å². The maximum absolute atomic E-state index is 6.57. The van der Waals surface area contributed by atoms with Gasteiger partial charge >= 0.3 is 0 Å². The highest BCUT2D eigenvalue weighted by Crippen LogP contribution is 2.43. The molecular weight excluding hydrogens is 685 g/mol. The lowest BCUT2D eigenvalue weighted by Gasteiger charge is -2.17. The third-order valence-electron chi connectivity index (χ3n) is 10.8. The third-order valence-corrected chi connectivity index (χ3v) is 10.8. The molecule has 0 fully saturated rings. The number of aromatic nitrogens is 2. The summed E-state index contributed by atoms with van der Waals surface area (Å²) in [7, 11) is 0. The zero-order chi connectivity index (χ0) is 37.0. The monoisotopic (exact) mass is 716 g/mol. The molecule has 0 spiro atoms. The average Bonchev–Trinajstić information content (AvgIpc) is 3.85. The summed E-state index contributed by atoms with van der Waals surface area (Å²) in [5.74, 6) is 0.611. The first-order valence-electron chi connectivity index (χ1n) is 18.8. The first-order valence-corrected chi connectivity index (χ1v) is 18.8. The minimum absolute atomic E-state index is 0.611. The van der Waals surface area contributed by atoms with Crippen LogP contribution in [0.5, 0.6) is 0 Å². The summed E-state index contributed by atoms with van der Waals surface area (Å²) in [5.41, 5.74) is 14.2. The largest absolute Gasteiger partial charge is 0.455 e. The predicted molar refractivity (Wildman–Crippen MR) is 229 cm³/mol. The zero-order valence-electron chi connectivity index (χ0n) is 30.2. The van der Waals surface area contributed by atoms with Crippen LogP contribution >= 0.6 is 0 Å². The SMILES string of the molecule is c1ccc(-c2ccc(-c3cccc(-c4nc(-c5cccc6c5oc5ccccc56)cc(-c5cccc6c5oc5ccccc56)n4)c3-c3ccccc3)cc2)cc1. The lowest BCUT2D eigenvalue weighted by atomic mass is 9.89. The lowest BCUT2D eigenvalue weighted by molar-refractivity contribution is 0.669. The van der Waals surface area contributed by atoms with Crippen molar-refractivity contribution < 1.29 is 8.83 Å². The van der Waals surface area contributed by atoms with Crippen molar-refractivity contribution in [2.24, 2.45) is 0 Å². The maximum atomic E-state index is 6.57. The molecule has 262 valence electrons. The fraction of sp³-hybridized carbons (Fsp3) is 0. The van der Waals surface area contributed by atoms with Crippen LogP contribution in [0.25, 0.3) is 111 Å². The van der Waals surface area contributed by atoms with E-state index in [1.54, 1.807) is 0 Å². The summed E-state index contributed by atoms with van der Waals surface area (Å²) in [5, 5.41) is 4.24. The van der Waals surface area contributed by atoms with E-state index in [2.05, 4.69) is 152 Å². The molecule has 0 aliphatic rings. The fourth-order valence-corrected chi connectivity index (χ4v) is 8.11. The Labute approximate surface area is 323 Å². The maximum Gasteiger partial charge on any atom is 0.161 e. The topological polar surface area (TPSA) is 52.1 Å². The van der Waals surface area contributed by atoms with Crippen molar-refractivity contribution in [1.29, 1.82) is 0 Å². The summed E-state index contributed by atoms with van der Waals surface area (Å²) >= 11 is 0. The number of benzene rings is 8. The van der Waals surface area contributed by atoms with Crippen LogP contribution in [0.2, 0.25) is 0 Å². The first-order chi connectivity index (χ1) is 27.8. The van der Waals surface area contributed by atoms with Gasteiger partial charge in [0.15, 0.2) is 5.82 Å². The zero-order valence-corrected chi connectivity index (χ0v) is 30.2. The summed E-state index contributed by atoms with van der Waals surface area (Å²) in [6.07, 6.45) is 0. The van der Waals surface area contributed by atoms with Gasteiger partial charge in [-0.15, -0.1) is 0 Å². The second kappa shape index (κ2) is 13.1. The van der Waals surface area contributed by atoms with Crippen LogP contribution in [-0.2, 0) is 0 Å². The van der Waals surface area contributed by atoms with Crippen LogP contribution in [-0.4, -0.2) is 9.97 Å². The van der Waals surface area contributed by atoms with Gasteiger partial charge in [-0.3, -0.25) is 0 Å². The summed E-state index contributed by atoms with van der Waals surface area (Å²) in [6.45, 7) is 0. The molecule has 0 aliphatic heterocycles. The molecule has 0 unspecified atom stereocenters. The Morgan fingerprint density at radius 2 is 0.732 bits per heavy atom. The van der Waals surface area contributed by atoms with Gasteiger partial charge in [0.1, 0.15) is 22.3 Å². The van der Waals surface area contributed by atoms with E-state index in [-0.39, 0.29) is 0 Å². The fourth-order valence-electron chi connectivity index (χ4n) is 8.11. The molecule has 0 amide bonds. The van der Waals surface area contributed by atoms with Gasteiger partial charge in [0.25, 0.3) is 0 Å². The number of hydrogen-bond donors (Lipinski definition) is 0. The Bertz CT molecular complexity index is 3100. The summed E-state index contributed by atoms with van der Waals surface area (Å²) in [6, 6.07) is 67.3. The van der Waals surface area contributed by atoms with E-state index in [1.165, 1.54) is 11.1 Å². The molecule has 0 saturated carbocycles. The molecular formula is C52H32N2O2. The highest BCUT2D eigenvalue weighted by atomic mass is 16.3. The first kappa shape index (κ1) is 31.9. The molecule has 11 aromatic rings. The molecule has 0 aliphatic carbocycles. The minimum Gasteiger partial charge on any atom is -0.455 e. The van der Waals surface area contributed by atoms with E-state index >= 15 is 0 Å². The number of furan rings is 2. The molecule has 4 nitrogen and oxygen atoms in total. The van der Waals surface area contributed by atoms with Crippen LogP contribution in [0.15, 0.2) is 203 Å². The molecule has 4 heteroatoms. The van der Waals surface area contributed by atoms with E-state index in [4.69, 9.17) is 18.8 Å². The third kappa shape index (κ3) is 5.31. The molecule has 0 radical (unpaired) electrons. The highest BCUT2D eigenvalue weighted by Gasteiger charge is 2.22. The van der Waals surface area contributed by atoms with E-state index in [0.717, 1.165) is 94.2 Å². The van der Waals surface area contributed by atoms with Crippen molar-refractivity contribution in [3.05, 3.63) is 194 Å². The second-order valence-electron chi connectivity index (χ2n) is 14.1. The van der Waals surface area contributed by atoms with Gasteiger partial charge in [0.2, 0.25) is 0 Å². The van der Waals surface area contributed by atoms with Crippen LogP contribution in [0.3, 0.4) is 0 Å². The molecule has 11 rings (SSSR count). The van der Waals surface area contributed by atoms with Crippen molar-refractivity contribution in [2.45, 2.75) is 0 Å². The van der Waals surface area contributed by atoms with Crippen LogP contribution in [0.4, 0.5) is 0 Å². The number of nitrogens with zero attached hydrogens (tertiary/aromatic N) is 2. The minimum atomic E-state index is 0.611. The standard InChI is InChI=1S/C52H32N2O2/c1-3-14-33(15-4-1)34-28-30-35(31-29-34)37-20-11-25-44(49(37)36-16-5-2-6-17-36)52-53-45(42-23-12-21-40-38-18-7-9-26-47(38)55-50(40)42)32-46(54-52)43-24-13-22-41-39-19-8-10-27-48(39)56-51(41)43/h1-32H.